The molecule has 1 amide bonds. The van der Waals surface area contributed by atoms with Crippen LogP contribution >= 0.6 is 22.6 Å². The standard InChI is InChI=1S/C11H14IN3O/c12-9-5-8(13)1-2-10(9)15-4-3-7(6-15)11(14)16/h1-2,5,7H,3-4,6,13H2,(H2,14,16). The van der Waals surface area contributed by atoms with Crippen molar-refractivity contribution in [2.75, 3.05) is 23.7 Å². The fourth-order valence-corrected chi connectivity index (χ4v) is 2.87. The Kier molecular flexibility index (Phi) is 3.22. The Morgan fingerprint density at radius 1 is 1.50 bits per heavy atom. The number of rotatable bonds is 2. The second-order valence-electron chi connectivity index (χ2n) is 4.04. The molecule has 0 aliphatic carbocycles. The fraction of sp³-hybridized carbons (Fsp3) is 0.364. The molecule has 0 bridgehead atoms. The molecular formula is C11H14IN3O. The highest BCUT2D eigenvalue weighted by atomic mass is 127. The Labute approximate surface area is 108 Å². The van der Waals surface area contributed by atoms with Crippen molar-refractivity contribution in [2.45, 2.75) is 6.42 Å². The average Bonchev–Trinajstić information content (AvgIpc) is 2.66. The number of carbonyl (C=O) groups is 1. The first-order valence-corrected chi connectivity index (χ1v) is 6.25. The number of hydrogen-bond donors (Lipinski definition) is 2. The van der Waals surface area contributed by atoms with E-state index >= 15 is 0 Å². The van der Waals surface area contributed by atoms with Gasteiger partial charge in [-0.25, -0.2) is 0 Å². The van der Waals surface area contributed by atoms with Crippen LogP contribution in [-0.4, -0.2) is 19.0 Å². The van der Waals surface area contributed by atoms with Gasteiger partial charge >= 0.3 is 0 Å². The monoisotopic (exact) mass is 331 g/mol. The van der Waals surface area contributed by atoms with Crippen LogP contribution < -0.4 is 16.4 Å². The maximum absolute atomic E-state index is 11.1. The van der Waals surface area contributed by atoms with Gasteiger partial charge in [0.1, 0.15) is 0 Å². The Morgan fingerprint density at radius 2 is 2.25 bits per heavy atom. The van der Waals surface area contributed by atoms with Gasteiger partial charge in [-0.2, -0.15) is 0 Å². The minimum atomic E-state index is -0.201. The lowest BCUT2D eigenvalue weighted by Gasteiger charge is -2.20. The van der Waals surface area contributed by atoms with Crippen LogP contribution in [-0.2, 0) is 4.79 Å². The molecule has 1 fully saturated rings. The largest absolute Gasteiger partial charge is 0.399 e. The lowest BCUT2D eigenvalue weighted by Crippen LogP contribution is -2.27. The average molecular weight is 331 g/mol. The molecule has 1 aliphatic rings. The van der Waals surface area contributed by atoms with Crippen LogP contribution in [0, 0.1) is 9.49 Å². The maximum Gasteiger partial charge on any atom is 0.222 e. The minimum Gasteiger partial charge on any atom is -0.399 e. The minimum absolute atomic E-state index is 0.0200. The van der Waals surface area contributed by atoms with Gasteiger partial charge in [-0.05, 0) is 47.2 Å². The zero-order valence-corrected chi connectivity index (χ0v) is 11.0. The zero-order valence-electron chi connectivity index (χ0n) is 8.82. The van der Waals surface area contributed by atoms with Gasteiger partial charge in [0.2, 0.25) is 5.91 Å². The Hall–Kier alpha value is -0.980. The molecule has 0 radical (unpaired) electrons. The van der Waals surface area contributed by atoms with Crippen molar-refractivity contribution in [3.63, 3.8) is 0 Å². The van der Waals surface area contributed by atoms with E-state index in [1.165, 1.54) is 0 Å². The highest BCUT2D eigenvalue weighted by Gasteiger charge is 2.27. The zero-order chi connectivity index (χ0) is 11.7. The molecule has 0 spiro atoms. The van der Waals surface area contributed by atoms with Crippen molar-refractivity contribution in [1.29, 1.82) is 0 Å². The predicted molar refractivity (Wildman–Crippen MR) is 73.1 cm³/mol. The van der Waals surface area contributed by atoms with E-state index in [-0.39, 0.29) is 11.8 Å². The summed E-state index contributed by atoms with van der Waals surface area (Å²) in [6.45, 7) is 1.60. The van der Waals surface area contributed by atoms with E-state index in [4.69, 9.17) is 11.5 Å². The summed E-state index contributed by atoms with van der Waals surface area (Å²) in [7, 11) is 0. The van der Waals surface area contributed by atoms with Gasteiger partial charge in [0, 0.05) is 22.3 Å². The lowest BCUT2D eigenvalue weighted by molar-refractivity contribution is -0.121. The second-order valence-corrected chi connectivity index (χ2v) is 5.21. The summed E-state index contributed by atoms with van der Waals surface area (Å²) in [4.78, 5) is 13.3. The third-order valence-corrected chi connectivity index (χ3v) is 3.77. The summed E-state index contributed by atoms with van der Waals surface area (Å²) in [5, 5.41) is 0. The normalized spacial score (nSPS) is 20.1. The number of amides is 1. The van der Waals surface area contributed by atoms with Gasteiger partial charge in [0.15, 0.2) is 0 Å². The predicted octanol–water partition coefficient (Wildman–Crippen LogP) is 1.18. The lowest BCUT2D eigenvalue weighted by atomic mass is 10.1. The van der Waals surface area contributed by atoms with Crippen molar-refractivity contribution in [3.8, 4) is 0 Å². The van der Waals surface area contributed by atoms with Gasteiger partial charge in [0.25, 0.3) is 0 Å². The quantitative estimate of drug-likeness (QED) is 0.632. The third-order valence-electron chi connectivity index (χ3n) is 2.90. The smallest absolute Gasteiger partial charge is 0.222 e. The molecule has 4 nitrogen and oxygen atoms in total. The SMILES string of the molecule is NC(=O)C1CCN(c2ccc(N)cc2I)C1. The number of nitrogen functional groups attached to an aromatic ring is 1. The first-order valence-electron chi connectivity index (χ1n) is 5.17. The summed E-state index contributed by atoms with van der Waals surface area (Å²) in [6, 6.07) is 5.82. The third kappa shape index (κ3) is 2.23. The van der Waals surface area contributed by atoms with E-state index in [1.807, 2.05) is 18.2 Å². The topological polar surface area (TPSA) is 72.4 Å². The number of carbonyl (C=O) groups excluding carboxylic acids is 1. The molecule has 1 saturated heterocycles. The van der Waals surface area contributed by atoms with E-state index in [9.17, 15) is 4.79 Å². The first-order chi connectivity index (χ1) is 7.58. The van der Waals surface area contributed by atoms with Crippen LogP contribution in [0.4, 0.5) is 11.4 Å². The van der Waals surface area contributed by atoms with E-state index < -0.39 is 0 Å². The number of nitrogens with two attached hydrogens (primary N) is 2. The van der Waals surface area contributed by atoms with Gasteiger partial charge in [-0.15, -0.1) is 0 Å². The molecule has 1 aromatic carbocycles. The van der Waals surface area contributed by atoms with Gasteiger partial charge in [0.05, 0.1) is 11.6 Å². The summed E-state index contributed by atoms with van der Waals surface area (Å²) in [5.41, 5.74) is 12.9. The highest BCUT2D eigenvalue weighted by Crippen LogP contribution is 2.29. The molecule has 1 unspecified atom stereocenters. The van der Waals surface area contributed by atoms with Crippen LogP contribution in [0.1, 0.15) is 6.42 Å². The Balaban J connectivity index is 2.17. The molecule has 86 valence electrons. The number of benzene rings is 1. The Bertz CT molecular complexity index is 422. The summed E-state index contributed by atoms with van der Waals surface area (Å²) in [6.07, 6.45) is 0.843. The van der Waals surface area contributed by atoms with E-state index in [1.54, 1.807) is 0 Å². The molecule has 5 heteroatoms. The molecule has 16 heavy (non-hydrogen) atoms. The molecular weight excluding hydrogens is 317 g/mol. The summed E-state index contributed by atoms with van der Waals surface area (Å²) >= 11 is 2.26. The number of primary amides is 1. The van der Waals surface area contributed by atoms with Gasteiger partial charge in [-0.1, -0.05) is 0 Å². The van der Waals surface area contributed by atoms with Crippen LogP contribution in [0.5, 0.6) is 0 Å². The Morgan fingerprint density at radius 3 is 2.81 bits per heavy atom. The summed E-state index contributed by atoms with van der Waals surface area (Å²) in [5.74, 6) is -0.221. The number of hydrogen-bond acceptors (Lipinski definition) is 3. The van der Waals surface area contributed by atoms with Crippen molar-refractivity contribution in [2.24, 2.45) is 11.7 Å². The van der Waals surface area contributed by atoms with Gasteiger partial charge < -0.3 is 16.4 Å². The number of anilines is 2. The molecule has 2 rings (SSSR count). The van der Waals surface area contributed by atoms with E-state index in [0.717, 1.165) is 34.5 Å². The molecule has 1 heterocycles. The molecule has 1 aliphatic heterocycles. The summed E-state index contributed by atoms with van der Waals surface area (Å²) < 4.78 is 1.11. The van der Waals surface area contributed by atoms with Crippen LogP contribution in [0.15, 0.2) is 18.2 Å². The van der Waals surface area contributed by atoms with Crippen molar-refractivity contribution in [1.82, 2.24) is 0 Å². The van der Waals surface area contributed by atoms with E-state index in [2.05, 4.69) is 27.5 Å². The van der Waals surface area contributed by atoms with Crippen molar-refractivity contribution >= 4 is 39.9 Å². The first kappa shape index (κ1) is 11.5. The molecule has 4 N–H and O–H groups in total. The van der Waals surface area contributed by atoms with Crippen LogP contribution in [0.2, 0.25) is 0 Å². The van der Waals surface area contributed by atoms with Crippen molar-refractivity contribution in [3.05, 3.63) is 21.8 Å². The van der Waals surface area contributed by atoms with Crippen LogP contribution in [0.3, 0.4) is 0 Å². The van der Waals surface area contributed by atoms with Crippen LogP contribution in [0.25, 0.3) is 0 Å². The number of halogens is 1. The van der Waals surface area contributed by atoms with Crippen molar-refractivity contribution < 1.29 is 4.79 Å². The second kappa shape index (κ2) is 4.48. The fourth-order valence-electron chi connectivity index (χ4n) is 1.99. The highest BCUT2D eigenvalue weighted by molar-refractivity contribution is 14.1. The molecule has 0 saturated carbocycles. The molecule has 0 aromatic heterocycles. The molecule has 1 aromatic rings. The van der Waals surface area contributed by atoms with E-state index in [0.29, 0.717) is 0 Å². The number of nitrogens with zero attached hydrogens (tertiary/aromatic N) is 1. The maximum atomic E-state index is 11.1. The van der Waals surface area contributed by atoms with Gasteiger partial charge in [-0.3, -0.25) is 4.79 Å². The molecule has 1 atom stereocenters.